The molecular formula is C16H25NO3S. The Hall–Kier alpha value is -0.910. The van der Waals surface area contributed by atoms with Gasteiger partial charge in [-0.15, -0.1) is 0 Å². The Kier molecular flexibility index (Phi) is 4.76. The highest BCUT2D eigenvalue weighted by Crippen LogP contribution is 2.36. The molecule has 1 aliphatic heterocycles. The first-order valence-corrected chi connectivity index (χ1v) is 8.89. The van der Waals surface area contributed by atoms with Gasteiger partial charge < -0.3 is 5.11 Å². The maximum atomic E-state index is 12.6. The second-order valence-electron chi connectivity index (χ2n) is 6.70. The van der Waals surface area contributed by atoms with E-state index in [2.05, 4.69) is 12.1 Å². The maximum absolute atomic E-state index is 12.6. The topological polar surface area (TPSA) is 57.6 Å². The van der Waals surface area contributed by atoms with Crippen molar-refractivity contribution >= 4 is 10.0 Å². The van der Waals surface area contributed by atoms with Crippen LogP contribution in [0, 0.1) is 0 Å². The van der Waals surface area contributed by atoms with Gasteiger partial charge >= 0.3 is 0 Å². The van der Waals surface area contributed by atoms with Crippen LogP contribution in [0.3, 0.4) is 0 Å². The molecule has 118 valence electrons. The lowest BCUT2D eigenvalue weighted by Gasteiger charge is -2.49. The second-order valence-corrected chi connectivity index (χ2v) is 9.29. The standard InChI is InChI=1S/C16H25NO3S/c1-16(2,3)21(19,20)17-14(11-15(17)12-18)10-9-13-7-5-4-6-8-13/h4-8,14-15,18H,9-12H2,1-3H3/t14-,15+/m0/s1. The molecule has 2 rings (SSSR count). The number of rotatable bonds is 5. The molecule has 0 radical (unpaired) electrons. The van der Waals surface area contributed by atoms with Crippen LogP contribution in [0.2, 0.25) is 0 Å². The lowest BCUT2D eigenvalue weighted by atomic mass is 9.92. The molecular weight excluding hydrogens is 286 g/mol. The van der Waals surface area contributed by atoms with Gasteiger partial charge in [0.1, 0.15) is 0 Å². The monoisotopic (exact) mass is 311 g/mol. The molecule has 0 saturated carbocycles. The van der Waals surface area contributed by atoms with Gasteiger partial charge in [0.15, 0.2) is 0 Å². The highest BCUT2D eigenvalue weighted by atomic mass is 32.2. The van der Waals surface area contributed by atoms with Gasteiger partial charge in [-0.3, -0.25) is 0 Å². The first-order chi connectivity index (χ1) is 9.77. The van der Waals surface area contributed by atoms with Gasteiger partial charge in [0, 0.05) is 12.1 Å². The molecule has 0 amide bonds. The molecule has 21 heavy (non-hydrogen) atoms. The van der Waals surface area contributed by atoms with Crippen LogP contribution in [-0.4, -0.2) is 41.3 Å². The number of benzene rings is 1. The zero-order chi connectivity index (χ0) is 15.7. The van der Waals surface area contributed by atoms with E-state index < -0.39 is 14.8 Å². The minimum atomic E-state index is -3.38. The van der Waals surface area contributed by atoms with Crippen LogP contribution in [0.15, 0.2) is 30.3 Å². The average molecular weight is 311 g/mol. The quantitative estimate of drug-likeness (QED) is 0.907. The number of aliphatic hydroxyl groups is 1. The van der Waals surface area contributed by atoms with Crippen LogP contribution in [0.1, 0.15) is 39.2 Å². The van der Waals surface area contributed by atoms with Crippen molar-refractivity contribution < 1.29 is 13.5 Å². The first kappa shape index (κ1) is 16.5. The van der Waals surface area contributed by atoms with Crippen molar-refractivity contribution in [2.24, 2.45) is 0 Å². The zero-order valence-electron chi connectivity index (χ0n) is 13.0. The van der Waals surface area contributed by atoms with E-state index in [4.69, 9.17) is 0 Å². The number of nitrogens with zero attached hydrogens (tertiary/aromatic N) is 1. The molecule has 2 atom stereocenters. The Morgan fingerprint density at radius 3 is 2.33 bits per heavy atom. The highest BCUT2D eigenvalue weighted by molar-refractivity contribution is 7.90. The van der Waals surface area contributed by atoms with E-state index in [0.717, 1.165) is 19.3 Å². The van der Waals surface area contributed by atoms with Gasteiger partial charge in [0.25, 0.3) is 0 Å². The normalized spacial score (nSPS) is 23.8. The molecule has 1 N–H and O–H groups in total. The molecule has 0 aromatic heterocycles. The summed E-state index contributed by atoms with van der Waals surface area (Å²) in [6.45, 7) is 5.03. The van der Waals surface area contributed by atoms with Crippen molar-refractivity contribution in [2.75, 3.05) is 6.61 Å². The fourth-order valence-electron chi connectivity index (χ4n) is 2.77. The Balaban J connectivity index is 2.07. The molecule has 1 fully saturated rings. The highest BCUT2D eigenvalue weighted by Gasteiger charge is 2.49. The summed E-state index contributed by atoms with van der Waals surface area (Å²) in [5.74, 6) is 0. The summed E-state index contributed by atoms with van der Waals surface area (Å²) in [5, 5.41) is 9.38. The Bertz CT molecular complexity index is 563. The Morgan fingerprint density at radius 2 is 1.81 bits per heavy atom. The zero-order valence-corrected chi connectivity index (χ0v) is 13.8. The van der Waals surface area contributed by atoms with Crippen LogP contribution in [-0.2, 0) is 16.4 Å². The van der Waals surface area contributed by atoms with Crippen LogP contribution >= 0.6 is 0 Å². The van der Waals surface area contributed by atoms with Crippen molar-refractivity contribution in [1.29, 1.82) is 0 Å². The third kappa shape index (κ3) is 3.30. The van der Waals surface area contributed by atoms with E-state index >= 15 is 0 Å². The summed E-state index contributed by atoms with van der Waals surface area (Å²) in [4.78, 5) is 0. The predicted octanol–water partition coefficient (Wildman–Crippen LogP) is 2.18. The van der Waals surface area contributed by atoms with Crippen molar-refractivity contribution in [3.05, 3.63) is 35.9 Å². The molecule has 5 heteroatoms. The molecule has 0 spiro atoms. The van der Waals surface area contributed by atoms with Crippen LogP contribution in [0.5, 0.6) is 0 Å². The number of hydrogen-bond acceptors (Lipinski definition) is 3. The summed E-state index contributed by atoms with van der Waals surface area (Å²) in [7, 11) is -3.38. The van der Waals surface area contributed by atoms with Gasteiger partial charge in [0.2, 0.25) is 10.0 Å². The Morgan fingerprint density at radius 1 is 1.19 bits per heavy atom. The smallest absolute Gasteiger partial charge is 0.219 e. The van der Waals surface area contributed by atoms with Crippen LogP contribution in [0.25, 0.3) is 0 Å². The largest absolute Gasteiger partial charge is 0.395 e. The minimum Gasteiger partial charge on any atom is -0.395 e. The van der Waals surface area contributed by atoms with Gasteiger partial charge in [-0.05, 0) is 45.6 Å². The average Bonchev–Trinajstić information content (AvgIpc) is 2.37. The van der Waals surface area contributed by atoms with Crippen LogP contribution in [0.4, 0.5) is 0 Å². The van der Waals surface area contributed by atoms with E-state index in [1.165, 1.54) is 9.87 Å². The van der Waals surface area contributed by atoms with Crippen LogP contribution < -0.4 is 0 Å². The van der Waals surface area contributed by atoms with E-state index in [9.17, 15) is 13.5 Å². The summed E-state index contributed by atoms with van der Waals surface area (Å²) in [5.41, 5.74) is 1.22. The maximum Gasteiger partial charge on any atom is 0.219 e. The van der Waals surface area contributed by atoms with E-state index in [-0.39, 0.29) is 18.7 Å². The Labute approximate surface area is 127 Å². The lowest BCUT2D eigenvalue weighted by molar-refractivity contribution is 0.0520. The number of hydrogen-bond donors (Lipinski definition) is 1. The third-order valence-electron chi connectivity index (χ3n) is 4.14. The molecule has 4 nitrogen and oxygen atoms in total. The van der Waals surface area contributed by atoms with Gasteiger partial charge in [0.05, 0.1) is 11.4 Å². The van der Waals surface area contributed by atoms with Crippen molar-refractivity contribution in [3.63, 3.8) is 0 Å². The van der Waals surface area contributed by atoms with Crippen molar-refractivity contribution in [3.8, 4) is 0 Å². The van der Waals surface area contributed by atoms with E-state index in [1.807, 2.05) is 18.2 Å². The number of aliphatic hydroxyl groups excluding tert-OH is 1. The van der Waals surface area contributed by atoms with Gasteiger partial charge in [-0.2, -0.15) is 4.31 Å². The molecule has 1 heterocycles. The van der Waals surface area contributed by atoms with Gasteiger partial charge in [-0.1, -0.05) is 30.3 Å². The fraction of sp³-hybridized carbons (Fsp3) is 0.625. The van der Waals surface area contributed by atoms with Gasteiger partial charge in [-0.25, -0.2) is 8.42 Å². The lowest BCUT2D eigenvalue weighted by Crippen LogP contribution is -2.63. The minimum absolute atomic E-state index is 0.00609. The molecule has 1 saturated heterocycles. The van der Waals surface area contributed by atoms with E-state index in [0.29, 0.717) is 0 Å². The number of aryl methyl sites for hydroxylation is 1. The van der Waals surface area contributed by atoms with Crippen molar-refractivity contribution in [1.82, 2.24) is 4.31 Å². The summed E-state index contributed by atoms with van der Waals surface area (Å²) in [6, 6.07) is 9.84. The van der Waals surface area contributed by atoms with E-state index in [1.54, 1.807) is 20.8 Å². The second kappa shape index (κ2) is 6.07. The third-order valence-corrected chi connectivity index (χ3v) is 6.83. The molecule has 1 aromatic rings. The molecule has 0 unspecified atom stereocenters. The SMILES string of the molecule is CC(C)(C)S(=O)(=O)N1[C@@H](CO)C[C@@H]1CCc1ccccc1. The summed E-state index contributed by atoms with van der Waals surface area (Å²) < 4.78 is 26.0. The summed E-state index contributed by atoms with van der Waals surface area (Å²) in [6.07, 6.45) is 2.41. The molecule has 0 bridgehead atoms. The fourth-order valence-corrected chi connectivity index (χ4v) is 4.53. The number of sulfonamides is 1. The molecule has 1 aromatic carbocycles. The first-order valence-electron chi connectivity index (χ1n) is 7.45. The molecule has 1 aliphatic rings. The van der Waals surface area contributed by atoms with Crippen molar-refractivity contribution in [2.45, 2.75) is 56.9 Å². The predicted molar refractivity (Wildman–Crippen MR) is 84.6 cm³/mol. The molecule has 0 aliphatic carbocycles. The summed E-state index contributed by atoms with van der Waals surface area (Å²) >= 11 is 0.